The van der Waals surface area contributed by atoms with Crippen LogP contribution in [0.5, 0.6) is 0 Å². The van der Waals surface area contributed by atoms with E-state index in [4.69, 9.17) is 0 Å². The molecule has 1 aliphatic carbocycles. The predicted octanol–water partition coefficient (Wildman–Crippen LogP) is 2.26. The molecule has 1 N–H and O–H groups in total. The molecule has 0 saturated heterocycles. The number of rotatable bonds is 9. The minimum Gasteiger partial charge on any atom is -0.744 e. The summed E-state index contributed by atoms with van der Waals surface area (Å²) in [6.07, 6.45) is 7.91. The first kappa shape index (κ1) is 33.9. The Morgan fingerprint density at radius 2 is 1.38 bits per heavy atom. The molecule has 3 aromatic rings. The second-order valence-corrected chi connectivity index (χ2v) is 12.4. The van der Waals surface area contributed by atoms with Crippen molar-refractivity contribution in [2.45, 2.75) is 37.5 Å². The van der Waals surface area contributed by atoms with Crippen LogP contribution in [0, 0.1) is 0 Å². The molecule has 0 spiro atoms. The first-order valence-electron chi connectivity index (χ1n) is 13.5. The fraction of sp³-hybridized carbons (Fsp3) is 0.258. The van der Waals surface area contributed by atoms with Crippen molar-refractivity contribution in [2.75, 3.05) is 31.1 Å². The maximum Gasteiger partial charge on any atom is 1.00 e. The normalized spacial score (nSPS) is 13.3. The molecular formula is C31H34N2NaO6S2+. The smallest absolute Gasteiger partial charge is 0.744 e. The maximum atomic E-state index is 12.2. The zero-order valence-corrected chi connectivity index (χ0v) is 28.2. The second-order valence-electron chi connectivity index (χ2n) is 9.60. The van der Waals surface area contributed by atoms with Crippen molar-refractivity contribution in [3.63, 3.8) is 0 Å². The zero-order chi connectivity index (χ0) is 29.9. The Hall–Kier alpha value is -2.57. The third kappa shape index (κ3) is 7.31. The standard InChI is InChI=1S/C31H34N2O6S2.Na/c1-5-32(6-2)25-13-9-22(10-14-25)31(23-11-15-26(16-12-23)33(7-3)8-4)30-21-28(41(37,38)39)20-24-19-27(40(34,35)36)17-18-29(24)30;/h9-21H,5-8H2,1-4H3,(H-,34,35,36,37,38,39);/q;+1. The fourth-order valence-electron chi connectivity index (χ4n) is 5.17. The summed E-state index contributed by atoms with van der Waals surface area (Å²) >= 11 is 0. The molecule has 42 heavy (non-hydrogen) atoms. The number of fused-ring (bicyclic) bond motifs is 1. The van der Waals surface area contributed by atoms with Crippen molar-refractivity contribution in [2.24, 2.45) is 0 Å². The molecule has 1 aliphatic rings. The van der Waals surface area contributed by atoms with Gasteiger partial charge in [-0.3, -0.25) is 4.55 Å². The van der Waals surface area contributed by atoms with Crippen molar-refractivity contribution in [1.29, 1.82) is 0 Å². The average molecular weight is 618 g/mol. The Bertz CT molecular complexity index is 1790. The summed E-state index contributed by atoms with van der Waals surface area (Å²) in [6.45, 7) is 11.7. The summed E-state index contributed by atoms with van der Waals surface area (Å²) < 4.78 is 72.2. The summed E-state index contributed by atoms with van der Waals surface area (Å²) in [4.78, 5) is 1.31. The van der Waals surface area contributed by atoms with Crippen LogP contribution in [-0.2, 0) is 20.2 Å². The number of anilines is 1. The Kier molecular flexibility index (Phi) is 11.2. The Morgan fingerprint density at radius 3 is 1.88 bits per heavy atom. The molecule has 0 atom stereocenters. The Balaban J connectivity index is 0.00000484. The van der Waals surface area contributed by atoms with Gasteiger partial charge in [0.1, 0.15) is 23.2 Å². The van der Waals surface area contributed by atoms with E-state index in [1.807, 2.05) is 48.6 Å². The fourth-order valence-corrected chi connectivity index (χ4v) is 6.21. The molecule has 4 rings (SSSR count). The molecule has 0 radical (unpaired) electrons. The van der Waals surface area contributed by atoms with E-state index >= 15 is 0 Å². The van der Waals surface area contributed by atoms with Gasteiger partial charge in [0.2, 0.25) is 0 Å². The number of hydrogen-bond donors (Lipinski definition) is 1. The monoisotopic (exact) mass is 617 g/mol. The van der Waals surface area contributed by atoms with E-state index in [9.17, 15) is 25.9 Å². The van der Waals surface area contributed by atoms with Crippen LogP contribution < -0.4 is 34.5 Å². The molecule has 0 bridgehead atoms. The van der Waals surface area contributed by atoms with Crippen LogP contribution in [0.25, 0.3) is 16.3 Å². The van der Waals surface area contributed by atoms with Gasteiger partial charge in [0, 0.05) is 30.9 Å². The van der Waals surface area contributed by atoms with Gasteiger partial charge in [-0.15, -0.1) is 0 Å². The van der Waals surface area contributed by atoms with Crippen LogP contribution in [-0.4, -0.2) is 62.4 Å². The SMILES string of the molecule is CCN(CC)c1ccc(C(=C2C=CC(=[N+](CC)CC)C=C2)c2cc(S(=O)(=O)[O-])cc3cc(S(=O)(=O)O)ccc23)cc1.[Na+]. The number of benzene rings is 3. The molecule has 0 heterocycles. The topological polar surface area (TPSA) is 118 Å². The summed E-state index contributed by atoms with van der Waals surface area (Å²) in [6, 6.07) is 14.3. The molecule has 11 heteroatoms. The number of allylic oxidation sites excluding steroid dienone is 5. The van der Waals surface area contributed by atoms with Crippen LogP contribution in [0.15, 0.2) is 94.3 Å². The van der Waals surface area contributed by atoms with E-state index in [1.165, 1.54) is 24.3 Å². The van der Waals surface area contributed by atoms with Crippen molar-refractivity contribution in [3.05, 3.63) is 95.6 Å². The first-order chi connectivity index (χ1) is 19.4. The van der Waals surface area contributed by atoms with E-state index in [2.05, 4.69) is 37.2 Å². The molecule has 0 aromatic heterocycles. The first-order valence-corrected chi connectivity index (χ1v) is 16.3. The molecule has 0 unspecified atom stereocenters. The summed E-state index contributed by atoms with van der Waals surface area (Å²) in [5, 5.41) is 0.726. The van der Waals surface area contributed by atoms with Gasteiger partial charge >= 0.3 is 29.6 Å². The summed E-state index contributed by atoms with van der Waals surface area (Å²) in [7, 11) is -9.46. The van der Waals surface area contributed by atoms with Gasteiger partial charge in [0.15, 0.2) is 5.71 Å². The van der Waals surface area contributed by atoms with Crippen molar-refractivity contribution < 1.29 is 60.1 Å². The van der Waals surface area contributed by atoms with E-state index < -0.39 is 30.0 Å². The molecule has 0 amide bonds. The van der Waals surface area contributed by atoms with Gasteiger partial charge in [-0.2, -0.15) is 8.42 Å². The third-order valence-corrected chi connectivity index (χ3v) is 8.99. The van der Waals surface area contributed by atoms with Crippen LogP contribution >= 0.6 is 0 Å². The van der Waals surface area contributed by atoms with Gasteiger partial charge < -0.3 is 9.45 Å². The average Bonchev–Trinajstić information content (AvgIpc) is 2.94. The van der Waals surface area contributed by atoms with Gasteiger partial charge in [-0.05, 0) is 109 Å². The molecule has 216 valence electrons. The Labute approximate surface area is 270 Å². The van der Waals surface area contributed by atoms with Crippen LogP contribution in [0.2, 0.25) is 0 Å². The zero-order valence-electron chi connectivity index (χ0n) is 24.5. The molecular weight excluding hydrogens is 583 g/mol. The summed E-state index contributed by atoms with van der Waals surface area (Å²) in [5.41, 5.74) is 4.78. The quantitative estimate of drug-likeness (QED) is 0.222. The second kappa shape index (κ2) is 13.8. The number of nitrogens with zero attached hydrogens (tertiary/aromatic N) is 2. The minimum atomic E-state index is -4.90. The predicted molar refractivity (Wildman–Crippen MR) is 162 cm³/mol. The van der Waals surface area contributed by atoms with Gasteiger partial charge in [-0.1, -0.05) is 18.2 Å². The van der Waals surface area contributed by atoms with Gasteiger partial charge in [-0.25, -0.2) is 13.0 Å². The van der Waals surface area contributed by atoms with Crippen molar-refractivity contribution in [1.82, 2.24) is 0 Å². The van der Waals surface area contributed by atoms with Gasteiger partial charge in [0.05, 0.1) is 9.79 Å². The molecule has 8 nitrogen and oxygen atoms in total. The van der Waals surface area contributed by atoms with E-state index in [0.29, 0.717) is 16.5 Å². The molecule has 0 saturated carbocycles. The number of hydrogen-bond acceptors (Lipinski definition) is 6. The van der Waals surface area contributed by atoms with Crippen molar-refractivity contribution >= 4 is 48.0 Å². The van der Waals surface area contributed by atoms with Crippen LogP contribution in [0.4, 0.5) is 5.69 Å². The van der Waals surface area contributed by atoms with Crippen LogP contribution in [0.1, 0.15) is 38.8 Å². The van der Waals surface area contributed by atoms with Crippen LogP contribution in [0.3, 0.4) is 0 Å². The third-order valence-electron chi connectivity index (χ3n) is 7.32. The maximum absolute atomic E-state index is 12.2. The van der Waals surface area contributed by atoms with Crippen molar-refractivity contribution in [3.8, 4) is 0 Å². The Morgan fingerprint density at radius 1 is 0.810 bits per heavy atom. The summed E-state index contributed by atoms with van der Waals surface area (Å²) in [5.74, 6) is 0. The van der Waals surface area contributed by atoms with E-state index in [0.717, 1.165) is 54.8 Å². The largest absolute Gasteiger partial charge is 1.00 e. The molecule has 3 aromatic carbocycles. The molecule has 0 fully saturated rings. The van der Waals surface area contributed by atoms with E-state index in [-0.39, 0.29) is 34.9 Å². The van der Waals surface area contributed by atoms with E-state index in [1.54, 1.807) is 0 Å². The minimum absolute atomic E-state index is 0. The molecule has 0 aliphatic heterocycles. The van der Waals surface area contributed by atoms with Gasteiger partial charge in [0.25, 0.3) is 10.1 Å².